The summed E-state index contributed by atoms with van der Waals surface area (Å²) in [5.74, 6) is 0.787. The molecule has 3 nitrogen and oxygen atoms in total. The standard InChI is InChI=1S/C17H20N2O/c1-3-15-12-20-17(18-15)16-8-5-9-19(16)11-14-7-4-6-13(2)10-14/h4-10,15H,3,11-12H2,1-2H3/t15-/m1/s1. The van der Waals surface area contributed by atoms with Crippen LogP contribution in [-0.4, -0.2) is 23.1 Å². The van der Waals surface area contributed by atoms with E-state index < -0.39 is 0 Å². The first-order chi connectivity index (χ1) is 9.76. The lowest BCUT2D eigenvalue weighted by molar-refractivity contribution is 0.313. The van der Waals surface area contributed by atoms with Crippen LogP contribution in [0.25, 0.3) is 0 Å². The van der Waals surface area contributed by atoms with Gasteiger partial charge in [-0.3, -0.25) is 0 Å². The summed E-state index contributed by atoms with van der Waals surface area (Å²) < 4.78 is 7.93. The van der Waals surface area contributed by atoms with Crippen molar-refractivity contribution in [2.45, 2.75) is 32.9 Å². The molecule has 1 atom stereocenters. The Morgan fingerprint density at radius 1 is 1.30 bits per heavy atom. The molecule has 1 aliphatic rings. The topological polar surface area (TPSA) is 26.5 Å². The number of hydrogen-bond donors (Lipinski definition) is 0. The predicted molar refractivity (Wildman–Crippen MR) is 81.3 cm³/mol. The van der Waals surface area contributed by atoms with Crippen molar-refractivity contribution in [1.29, 1.82) is 0 Å². The average molecular weight is 268 g/mol. The first-order valence-corrected chi connectivity index (χ1v) is 7.18. The van der Waals surface area contributed by atoms with Crippen molar-refractivity contribution in [2.75, 3.05) is 6.61 Å². The van der Waals surface area contributed by atoms with Crippen molar-refractivity contribution in [1.82, 2.24) is 4.57 Å². The number of nitrogens with zero attached hydrogens (tertiary/aromatic N) is 2. The Kier molecular flexibility index (Phi) is 3.59. The number of aliphatic imine (C=N–C) groups is 1. The molecule has 0 bridgehead atoms. The number of ether oxygens (including phenoxy) is 1. The molecule has 20 heavy (non-hydrogen) atoms. The fourth-order valence-corrected chi connectivity index (χ4v) is 2.52. The molecule has 0 spiro atoms. The lowest BCUT2D eigenvalue weighted by Gasteiger charge is -2.09. The zero-order chi connectivity index (χ0) is 13.9. The highest BCUT2D eigenvalue weighted by Gasteiger charge is 2.20. The van der Waals surface area contributed by atoms with E-state index in [2.05, 4.69) is 66.0 Å². The molecule has 3 heteroatoms. The third-order valence-electron chi connectivity index (χ3n) is 3.67. The van der Waals surface area contributed by atoms with Crippen molar-refractivity contribution in [3.63, 3.8) is 0 Å². The molecular weight excluding hydrogens is 248 g/mol. The zero-order valence-electron chi connectivity index (χ0n) is 12.0. The van der Waals surface area contributed by atoms with E-state index in [0.29, 0.717) is 12.6 Å². The van der Waals surface area contributed by atoms with E-state index in [0.717, 1.165) is 24.6 Å². The summed E-state index contributed by atoms with van der Waals surface area (Å²) in [6.45, 7) is 5.83. The summed E-state index contributed by atoms with van der Waals surface area (Å²) >= 11 is 0. The lowest BCUT2D eigenvalue weighted by atomic mass is 10.1. The third kappa shape index (κ3) is 2.62. The molecule has 0 N–H and O–H groups in total. The molecule has 0 saturated heterocycles. The van der Waals surface area contributed by atoms with E-state index in [4.69, 9.17) is 4.74 Å². The molecule has 0 saturated carbocycles. The molecule has 1 aliphatic heterocycles. The Labute approximate surface area is 119 Å². The van der Waals surface area contributed by atoms with Crippen LogP contribution in [0.1, 0.15) is 30.2 Å². The quantitative estimate of drug-likeness (QED) is 0.834. The van der Waals surface area contributed by atoms with Gasteiger partial charge in [-0.1, -0.05) is 36.8 Å². The molecule has 0 aliphatic carbocycles. The minimum atomic E-state index is 0.312. The molecule has 3 rings (SSSR count). The van der Waals surface area contributed by atoms with Crippen LogP contribution in [-0.2, 0) is 11.3 Å². The highest BCUT2D eigenvalue weighted by molar-refractivity contribution is 5.93. The molecule has 0 amide bonds. The van der Waals surface area contributed by atoms with Gasteiger partial charge in [0.15, 0.2) is 0 Å². The van der Waals surface area contributed by atoms with Crippen LogP contribution in [0.15, 0.2) is 47.6 Å². The maximum absolute atomic E-state index is 5.73. The number of hydrogen-bond acceptors (Lipinski definition) is 2. The zero-order valence-corrected chi connectivity index (χ0v) is 12.0. The van der Waals surface area contributed by atoms with E-state index in [1.165, 1.54) is 11.1 Å². The van der Waals surface area contributed by atoms with Crippen molar-refractivity contribution in [3.05, 3.63) is 59.4 Å². The molecule has 0 unspecified atom stereocenters. The van der Waals surface area contributed by atoms with Gasteiger partial charge in [-0.2, -0.15) is 0 Å². The van der Waals surface area contributed by atoms with E-state index >= 15 is 0 Å². The van der Waals surface area contributed by atoms with Gasteiger partial charge in [0.2, 0.25) is 5.90 Å². The second-order valence-corrected chi connectivity index (χ2v) is 5.32. The Hall–Kier alpha value is -2.03. The molecule has 2 aromatic rings. The van der Waals surface area contributed by atoms with Crippen molar-refractivity contribution in [2.24, 2.45) is 4.99 Å². The summed E-state index contributed by atoms with van der Waals surface area (Å²) in [7, 11) is 0. The number of aryl methyl sites for hydroxylation is 1. The second-order valence-electron chi connectivity index (χ2n) is 5.32. The van der Waals surface area contributed by atoms with E-state index in [1.54, 1.807) is 0 Å². The van der Waals surface area contributed by atoms with Gasteiger partial charge in [-0.15, -0.1) is 0 Å². The number of benzene rings is 1. The van der Waals surface area contributed by atoms with Crippen LogP contribution in [0.5, 0.6) is 0 Å². The Bertz CT molecular complexity index is 627. The first-order valence-electron chi connectivity index (χ1n) is 7.18. The molecule has 1 aromatic heterocycles. The average Bonchev–Trinajstić information content (AvgIpc) is 3.06. The Morgan fingerprint density at radius 3 is 2.95 bits per heavy atom. The second kappa shape index (κ2) is 5.53. The normalized spacial score (nSPS) is 17.9. The summed E-state index contributed by atoms with van der Waals surface area (Å²) in [5.41, 5.74) is 3.66. The first kappa shape index (κ1) is 13.0. The van der Waals surface area contributed by atoms with Crippen LogP contribution in [0.4, 0.5) is 0 Å². The molecular formula is C17H20N2O. The van der Waals surface area contributed by atoms with Crippen LogP contribution < -0.4 is 0 Å². The van der Waals surface area contributed by atoms with Crippen molar-refractivity contribution in [3.8, 4) is 0 Å². The SMILES string of the molecule is CC[C@@H]1COC(c2cccn2Cc2cccc(C)c2)=N1. The van der Waals surface area contributed by atoms with Gasteiger partial charge in [0.25, 0.3) is 0 Å². The van der Waals surface area contributed by atoms with Crippen LogP contribution in [0.3, 0.4) is 0 Å². The largest absolute Gasteiger partial charge is 0.474 e. The van der Waals surface area contributed by atoms with Gasteiger partial charge < -0.3 is 9.30 Å². The number of aromatic nitrogens is 1. The Balaban J connectivity index is 1.84. The number of rotatable bonds is 4. The Morgan fingerprint density at radius 2 is 2.20 bits per heavy atom. The van der Waals surface area contributed by atoms with E-state index in [-0.39, 0.29) is 0 Å². The summed E-state index contributed by atoms with van der Waals surface area (Å²) in [6.07, 6.45) is 3.12. The van der Waals surface area contributed by atoms with Crippen LogP contribution in [0, 0.1) is 6.92 Å². The fourth-order valence-electron chi connectivity index (χ4n) is 2.52. The smallest absolute Gasteiger partial charge is 0.233 e. The maximum atomic E-state index is 5.73. The molecule has 0 fully saturated rings. The minimum Gasteiger partial charge on any atom is -0.474 e. The van der Waals surface area contributed by atoms with Crippen LogP contribution >= 0.6 is 0 Å². The van der Waals surface area contributed by atoms with E-state index in [1.807, 2.05) is 0 Å². The fraction of sp³-hybridized carbons (Fsp3) is 0.353. The molecule has 104 valence electrons. The van der Waals surface area contributed by atoms with Gasteiger partial charge >= 0.3 is 0 Å². The van der Waals surface area contributed by atoms with Crippen molar-refractivity contribution >= 4 is 5.90 Å². The van der Waals surface area contributed by atoms with E-state index in [9.17, 15) is 0 Å². The van der Waals surface area contributed by atoms with Gasteiger partial charge in [-0.25, -0.2) is 4.99 Å². The molecule has 0 radical (unpaired) electrons. The van der Waals surface area contributed by atoms with Gasteiger partial charge in [0.05, 0.1) is 6.04 Å². The van der Waals surface area contributed by atoms with Gasteiger partial charge in [0, 0.05) is 12.7 Å². The third-order valence-corrected chi connectivity index (χ3v) is 3.67. The van der Waals surface area contributed by atoms with Crippen molar-refractivity contribution < 1.29 is 4.74 Å². The molecule has 1 aromatic carbocycles. The predicted octanol–water partition coefficient (Wildman–Crippen LogP) is 3.40. The summed E-state index contributed by atoms with van der Waals surface area (Å²) in [6, 6.07) is 13.0. The highest BCUT2D eigenvalue weighted by atomic mass is 16.5. The summed E-state index contributed by atoms with van der Waals surface area (Å²) in [5, 5.41) is 0. The molecule has 2 heterocycles. The summed E-state index contributed by atoms with van der Waals surface area (Å²) in [4.78, 5) is 4.64. The maximum Gasteiger partial charge on any atom is 0.233 e. The highest BCUT2D eigenvalue weighted by Crippen LogP contribution is 2.16. The minimum absolute atomic E-state index is 0.312. The van der Waals surface area contributed by atoms with Gasteiger partial charge in [-0.05, 0) is 31.0 Å². The lowest BCUT2D eigenvalue weighted by Crippen LogP contribution is -2.10. The van der Waals surface area contributed by atoms with Crippen LogP contribution in [0.2, 0.25) is 0 Å². The monoisotopic (exact) mass is 268 g/mol. The van der Waals surface area contributed by atoms with Gasteiger partial charge in [0.1, 0.15) is 12.3 Å².